The van der Waals surface area contributed by atoms with Crippen LogP contribution in [0.25, 0.3) is 6.08 Å². The standard InChI is InChI=1S/C23H15BrFIN2O2/c24-18-4-2-6-20(12-18)28-23(29)17(13-27)9-15-7-8-22(21(26)11-15)30-14-16-3-1-5-19(25)10-16/h1-12H,14H2,(H,28,29)/b17-9-. The fourth-order valence-electron chi connectivity index (χ4n) is 2.59. The quantitative estimate of drug-likeness (QED) is 0.212. The molecular formula is C23H15BrFIN2O2. The van der Waals surface area contributed by atoms with Gasteiger partial charge in [0.05, 0.1) is 3.57 Å². The molecule has 0 saturated heterocycles. The zero-order chi connectivity index (χ0) is 21.5. The monoisotopic (exact) mass is 576 g/mol. The van der Waals surface area contributed by atoms with Crippen LogP contribution in [-0.4, -0.2) is 5.91 Å². The molecule has 0 spiro atoms. The summed E-state index contributed by atoms with van der Waals surface area (Å²) in [6.07, 6.45) is 1.52. The number of halogens is 3. The molecule has 0 aliphatic rings. The van der Waals surface area contributed by atoms with Crippen molar-refractivity contribution in [1.29, 1.82) is 5.26 Å². The number of hydrogen-bond acceptors (Lipinski definition) is 3. The largest absolute Gasteiger partial charge is 0.488 e. The number of benzene rings is 3. The molecule has 0 aliphatic carbocycles. The van der Waals surface area contributed by atoms with Crippen LogP contribution in [0.15, 0.2) is 76.8 Å². The SMILES string of the molecule is N#C/C(=C/c1ccc(OCc2cccc(F)c2)c(I)c1)C(=O)Nc1cccc(Br)c1. The number of nitrogens with one attached hydrogen (secondary N) is 1. The van der Waals surface area contributed by atoms with Crippen molar-refractivity contribution < 1.29 is 13.9 Å². The molecule has 150 valence electrons. The molecule has 0 unspecified atom stereocenters. The van der Waals surface area contributed by atoms with E-state index in [1.165, 1.54) is 18.2 Å². The molecule has 0 fully saturated rings. The number of carbonyl (C=O) groups excluding carboxylic acids is 1. The summed E-state index contributed by atoms with van der Waals surface area (Å²) < 4.78 is 20.7. The molecule has 0 radical (unpaired) electrons. The summed E-state index contributed by atoms with van der Waals surface area (Å²) in [4.78, 5) is 12.4. The number of nitriles is 1. The third-order valence-corrected chi connectivity index (χ3v) is 5.33. The first-order chi connectivity index (χ1) is 14.4. The minimum Gasteiger partial charge on any atom is -0.488 e. The van der Waals surface area contributed by atoms with Crippen LogP contribution in [0.5, 0.6) is 5.75 Å². The van der Waals surface area contributed by atoms with Crippen LogP contribution in [0.1, 0.15) is 11.1 Å². The summed E-state index contributed by atoms with van der Waals surface area (Å²) in [6.45, 7) is 0.238. The van der Waals surface area contributed by atoms with Gasteiger partial charge >= 0.3 is 0 Å². The predicted octanol–water partition coefficient (Wildman–Crippen LogP) is 6.32. The molecule has 30 heavy (non-hydrogen) atoms. The zero-order valence-corrected chi connectivity index (χ0v) is 19.3. The van der Waals surface area contributed by atoms with Crippen molar-refractivity contribution in [2.24, 2.45) is 0 Å². The van der Waals surface area contributed by atoms with Gasteiger partial charge in [-0.05, 0) is 82.3 Å². The van der Waals surface area contributed by atoms with Crippen LogP contribution in [0.2, 0.25) is 0 Å². The summed E-state index contributed by atoms with van der Waals surface area (Å²) in [7, 11) is 0. The van der Waals surface area contributed by atoms with Crippen LogP contribution in [-0.2, 0) is 11.4 Å². The topological polar surface area (TPSA) is 62.1 Å². The van der Waals surface area contributed by atoms with Crippen molar-refractivity contribution in [3.8, 4) is 11.8 Å². The lowest BCUT2D eigenvalue weighted by atomic mass is 10.1. The van der Waals surface area contributed by atoms with E-state index in [9.17, 15) is 14.4 Å². The van der Waals surface area contributed by atoms with Crippen LogP contribution < -0.4 is 10.1 Å². The van der Waals surface area contributed by atoms with Crippen LogP contribution in [0, 0.1) is 20.7 Å². The van der Waals surface area contributed by atoms with Crippen molar-refractivity contribution >= 4 is 56.2 Å². The molecule has 7 heteroatoms. The van der Waals surface area contributed by atoms with E-state index in [-0.39, 0.29) is 18.0 Å². The molecule has 1 N–H and O–H groups in total. The Balaban J connectivity index is 1.71. The number of hydrogen-bond donors (Lipinski definition) is 1. The van der Waals surface area contributed by atoms with Crippen molar-refractivity contribution in [2.75, 3.05) is 5.32 Å². The molecule has 3 rings (SSSR count). The molecule has 0 aliphatic heterocycles. The van der Waals surface area contributed by atoms with E-state index in [4.69, 9.17) is 4.74 Å². The van der Waals surface area contributed by atoms with Gasteiger partial charge in [-0.3, -0.25) is 4.79 Å². The van der Waals surface area contributed by atoms with Gasteiger partial charge in [0.1, 0.15) is 29.8 Å². The third kappa shape index (κ3) is 6.15. The molecule has 0 saturated carbocycles. The Labute approximate surface area is 195 Å². The first-order valence-electron chi connectivity index (χ1n) is 8.80. The second-order valence-electron chi connectivity index (χ2n) is 6.24. The van der Waals surface area contributed by atoms with E-state index in [0.29, 0.717) is 17.0 Å². The molecule has 1 amide bonds. The number of nitrogens with zero attached hydrogens (tertiary/aromatic N) is 1. The third-order valence-electron chi connectivity index (χ3n) is 4.00. The second kappa shape index (κ2) is 10.4. The summed E-state index contributed by atoms with van der Waals surface area (Å²) in [5, 5.41) is 12.1. The Morgan fingerprint density at radius 2 is 1.97 bits per heavy atom. The van der Waals surface area contributed by atoms with Crippen molar-refractivity contribution in [1.82, 2.24) is 0 Å². The number of anilines is 1. The maximum Gasteiger partial charge on any atom is 0.266 e. The Bertz CT molecular complexity index is 1160. The molecule has 0 heterocycles. The normalized spacial score (nSPS) is 10.9. The predicted molar refractivity (Wildman–Crippen MR) is 126 cm³/mol. The van der Waals surface area contributed by atoms with Crippen molar-refractivity contribution in [2.45, 2.75) is 6.61 Å². The highest BCUT2D eigenvalue weighted by Gasteiger charge is 2.11. The Kier molecular flexibility index (Phi) is 7.60. The molecule has 4 nitrogen and oxygen atoms in total. The second-order valence-corrected chi connectivity index (χ2v) is 8.32. The van der Waals surface area contributed by atoms with Crippen LogP contribution in [0.4, 0.5) is 10.1 Å². The first kappa shape index (κ1) is 22.0. The van der Waals surface area contributed by atoms with E-state index in [0.717, 1.165) is 13.6 Å². The van der Waals surface area contributed by atoms with Gasteiger partial charge in [-0.25, -0.2) is 4.39 Å². The molecule has 3 aromatic rings. The first-order valence-corrected chi connectivity index (χ1v) is 10.7. The molecule has 3 aromatic carbocycles. The van der Waals surface area contributed by atoms with Gasteiger partial charge in [-0.1, -0.05) is 40.2 Å². The summed E-state index contributed by atoms with van der Waals surface area (Å²) in [5.74, 6) is -0.164. The fraction of sp³-hybridized carbons (Fsp3) is 0.0435. The highest BCUT2D eigenvalue weighted by atomic mass is 127. The van der Waals surface area contributed by atoms with Gasteiger partial charge in [0.25, 0.3) is 5.91 Å². The minimum absolute atomic E-state index is 0.0146. The number of ether oxygens (including phenoxy) is 1. The Morgan fingerprint density at radius 3 is 2.67 bits per heavy atom. The molecule has 0 atom stereocenters. The van der Waals surface area contributed by atoms with Crippen molar-refractivity contribution in [3.05, 3.63) is 97.3 Å². The maximum absolute atomic E-state index is 13.3. The number of carbonyl (C=O) groups is 1. The van der Waals surface area contributed by atoms with E-state index < -0.39 is 5.91 Å². The number of amides is 1. The van der Waals surface area contributed by atoms with Gasteiger partial charge in [0, 0.05) is 10.2 Å². The van der Waals surface area contributed by atoms with Gasteiger partial charge in [0.15, 0.2) is 0 Å². The van der Waals surface area contributed by atoms with Crippen LogP contribution in [0.3, 0.4) is 0 Å². The van der Waals surface area contributed by atoms with E-state index in [2.05, 4.69) is 43.8 Å². The van der Waals surface area contributed by atoms with Crippen LogP contribution >= 0.6 is 38.5 Å². The highest BCUT2D eigenvalue weighted by Crippen LogP contribution is 2.25. The smallest absolute Gasteiger partial charge is 0.266 e. The highest BCUT2D eigenvalue weighted by molar-refractivity contribution is 14.1. The van der Waals surface area contributed by atoms with Gasteiger partial charge in [0.2, 0.25) is 0 Å². The Hall–Kier alpha value is -2.70. The van der Waals surface area contributed by atoms with E-state index >= 15 is 0 Å². The van der Waals surface area contributed by atoms with Gasteiger partial charge in [-0.15, -0.1) is 0 Å². The summed E-state index contributed by atoms with van der Waals surface area (Å²) in [6, 6.07) is 20.6. The zero-order valence-electron chi connectivity index (χ0n) is 15.5. The van der Waals surface area contributed by atoms with E-state index in [1.807, 2.05) is 18.2 Å². The number of rotatable bonds is 6. The molecule has 0 aromatic heterocycles. The summed E-state index contributed by atoms with van der Waals surface area (Å²) in [5.41, 5.74) is 2.00. The fourth-order valence-corrected chi connectivity index (χ4v) is 3.69. The minimum atomic E-state index is -0.489. The lowest BCUT2D eigenvalue weighted by Crippen LogP contribution is -2.13. The van der Waals surface area contributed by atoms with Gasteiger partial charge < -0.3 is 10.1 Å². The lowest BCUT2D eigenvalue weighted by molar-refractivity contribution is -0.112. The average molecular weight is 577 g/mol. The van der Waals surface area contributed by atoms with Crippen molar-refractivity contribution in [3.63, 3.8) is 0 Å². The maximum atomic E-state index is 13.3. The molecular weight excluding hydrogens is 562 g/mol. The average Bonchev–Trinajstić information content (AvgIpc) is 2.71. The summed E-state index contributed by atoms with van der Waals surface area (Å²) >= 11 is 5.46. The molecule has 0 bridgehead atoms. The Morgan fingerprint density at radius 1 is 1.17 bits per heavy atom. The van der Waals surface area contributed by atoms with Gasteiger partial charge in [-0.2, -0.15) is 5.26 Å². The lowest BCUT2D eigenvalue weighted by Gasteiger charge is -2.09. The van der Waals surface area contributed by atoms with E-state index in [1.54, 1.807) is 42.5 Å².